The topological polar surface area (TPSA) is 108 Å². The van der Waals surface area contributed by atoms with Crippen LogP contribution in [0.1, 0.15) is 82.8 Å². The summed E-state index contributed by atoms with van der Waals surface area (Å²) >= 11 is 0. The van der Waals surface area contributed by atoms with E-state index >= 15 is 0 Å². The number of alkyl carbamates (subject to hydrolysis) is 1. The largest absolute Gasteiger partial charge is 0.453 e. The van der Waals surface area contributed by atoms with Gasteiger partial charge < -0.3 is 29.5 Å². The number of hydrogen-bond acceptors (Lipinski definition) is 6. The van der Waals surface area contributed by atoms with Gasteiger partial charge in [-0.3, -0.25) is 9.59 Å². The molecule has 0 saturated carbocycles. The monoisotopic (exact) mass is 558 g/mol. The van der Waals surface area contributed by atoms with Crippen LogP contribution < -0.4 is 10.2 Å². The predicted molar refractivity (Wildman–Crippen MR) is 154 cm³/mol. The lowest BCUT2D eigenvalue weighted by Gasteiger charge is -2.42. The number of piperidine rings is 1. The van der Waals surface area contributed by atoms with Crippen molar-refractivity contribution in [3.05, 3.63) is 28.8 Å². The predicted octanol–water partition coefficient (Wildman–Crippen LogP) is 4.52. The Labute approximate surface area is 238 Å². The summed E-state index contributed by atoms with van der Waals surface area (Å²) in [5.41, 5.74) is 1.83. The van der Waals surface area contributed by atoms with Crippen molar-refractivity contribution in [1.29, 1.82) is 0 Å². The van der Waals surface area contributed by atoms with Crippen molar-refractivity contribution < 1.29 is 28.7 Å². The van der Waals surface area contributed by atoms with Crippen LogP contribution in [0.4, 0.5) is 15.3 Å². The number of methoxy groups -OCH3 is 1. The summed E-state index contributed by atoms with van der Waals surface area (Å²) in [6.45, 7) is 16.7. The van der Waals surface area contributed by atoms with Gasteiger partial charge in [0.15, 0.2) is 0 Å². The lowest BCUT2D eigenvalue weighted by molar-refractivity contribution is -0.127. The number of amides is 4. The molecule has 0 aromatic heterocycles. The molecule has 1 aromatic carbocycles. The van der Waals surface area contributed by atoms with Gasteiger partial charge in [0.1, 0.15) is 5.60 Å². The van der Waals surface area contributed by atoms with Crippen molar-refractivity contribution in [3.63, 3.8) is 0 Å². The van der Waals surface area contributed by atoms with Crippen LogP contribution in [0.5, 0.6) is 0 Å². The maximum absolute atomic E-state index is 14.2. The van der Waals surface area contributed by atoms with E-state index in [1.807, 2.05) is 72.4 Å². The van der Waals surface area contributed by atoms with Gasteiger partial charge in [-0.25, -0.2) is 9.59 Å². The molecule has 1 atom stereocenters. The van der Waals surface area contributed by atoms with Gasteiger partial charge >= 0.3 is 12.2 Å². The second kappa shape index (κ2) is 12.1. The van der Waals surface area contributed by atoms with Crippen LogP contribution in [0.3, 0.4) is 0 Å². The van der Waals surface area contributed by atoms with E-state index in [-0.39, 0.29) is 43.1 Å². The second-order valence-electron chi connectivity index (χ2n) is 12.8. The lowest BCUT2D eigenvalue weighted by atomic mass is 9.79. The number of likely N-dealkylation sites (tertiary alicyclic amines) is 1. The van der Waals surface area contributed by atoms with E-state index < -0.39 is 17.1 Å². The van der Waals surface area contributed by atoms with Crippen molar-refractivity contribution in [2.75, 3.05) is 38.2 Å². The Morgan fingerprint density at radius 3 is 2.48 bits per heavy atom. The van der Waals surface area contributed by atoms with Crippen molar-refractivity contribution in [1.82, 2.24) is 15.1 Å². The summed E-state index contributed by atoms with van der Waals surface area (Å²) in [7, 11) is 1.29. The number of benzene rings is 1. The molecule has 2 aliphatic heterocycles. The number of ether oxygens (including phenoxy) is 2. The molecule has 3 rings (SSSR count). The molecule has 10 heteroatoms. The van der Waals surface area contributed by atoms with E-state index in [2.05, 4.69) is 10.1 Å². The molecule has 2 heterocycles. The fourth-order valence-corrected chi connectivity index (χ4v) is 5.61. The van der Waals surface area contributed by atoms with E-state index in [0.717, 1.165) is 24.0 Å². The molecule has 222 valence electrons. The molecule has 0 unspecified atom stereocenters. The smallest absolute Gasteiger partial charge is 0.410 e. The minimum absolute atomic E-state index is 0.0603. The Balaban J connectivity index is 1.92. The number of carbonyl (C=O) groups is 4. The van der Waals surface area contributed by atoms with E-state index in [4.69, 9.17) is 4.74 Å². The highest BCUT2D eigenvalue weighted by molar-refractivity contribution is 6.03. The van der Waals surface area contributed by atoms with Gasteiger partial charge in [-0.2, -0.15) is 0 Å². The molecule has 2 aliphatic rings. The molecule has 1 fully saturated rings. The zero-order valence-electron chi connectivity index (χ0n) is 25.6. The minimum Gasteiger partial charge on any atom is -0.453 e. The third kappa shape index (κ3) is 7.06. The maximum atomic E-state index is 14.2. The van der Waals surface area contributed by atoms with E-state index in [9.17, 15) is 19.2 Å². The Hall–Kier alpha value is -3.30. The fourth-order valence-electron chi connectivity index (χ4n) is 5.61. The Morgan fingerprint density at radius 1 is 1.20 bits per heavy atom. The van der Waals surface area contributed by atoms with Gasteiger partial charge in [-0.15, -0.1) is 0 Å². The van der Waals surface area contributed by atoms with E-state index in [1.54, 1.807) is 9.80 Å². The van der Waals surface area contributed by atoms with Gasteiger partial charge in [0.2, 0.25) is 5.91 Å². The summed E-state index contributed by atoms with van der Waals surface area (Å²) in [6.07, 6.45) is 1.18. The number of carbonyl (C=O) groups excluding carboxylic acids is 4. The van der Waals surface area contributed by atoms with Crippen molar-refractivity contribution in [2.24, 2.45) is 5.41 Å². The van der Waals surface area contributed by atoms with Crippen molar-refractivity contribution in [2.45, 2.75) is 92.3 Å². The summed E-state index contributed by atoms with van der Waals surface area (Å²) in [5.74, 6) is -0.189. The first-order valence-corrected chi connectivity index (χ1v) is 14.1. The first kappa shape index (κ1) is 31.2. The molecule has 0 spiro atoms. The molecule has 4 amide bonds. The number of nitrogens with one attached hydrogen (secondary N) is 1. The molecule has 0 radical (unpaired) electrons. The highest BCUT2D eigenvalue weighted by atomic mass is 16.6. The SMILES string of the molecule is COC(=O)NCCN1C(=O)C(C)(C)Cc2cc(C)c(C(=O)N(C(C)C)[C@@H]3CCCN(C(=O)OC(C)(C)C)C3)cc21. The molecule has 10 nitrogen and oxygen atoms in total. The molecular formula is C30H46N4O6. The van der Waals surface area contributed by atoms with Crippen LogP contribution in [0.15, 0.2) is 12.1 Å². The Bertz CT molecular complexity index is 1140. The number of hydrogen-bond donors (Lipinski definition) is 1. The third-order valence-corrected chi connectivity index (χ3v) is 7.43. The number of anilines is 1. The first-order chi connectivity index (χ1) is 18.6. The van der Waals surface area contributed by atoms with E-state index in [0.29, 0.717) is 30.8 Å². The minimum atomic E-state index is -0.618. The molecule has 1 N–H and O–H groups in total. The highest BCUT2D eigenvalue weighted by Crippen LogP contribution is 2.39. The normalized spacial score (nSPS) is 18.8. The summed E-state index contributed by atoms with van der Waals surface area (Å²) in [5, 5.41) is 2.64. The molecule has 0 bridgehead atoms. The van der Waals surface area contributed by atoms with E-state index in [1.165, 1.54) is 7.11 Å². The van der Waals surface area contributed by atoms with Gasteiger partial charge in [0.25, 0.3) is 5.91 Å². The third-order valence-electron chi connectivity index (χ3n) is 7.43. The van der Waals surface area contributed by atoms with Crippen LogP contribution in [-0.2, 0) is 20.7 Å². The molecule has 1 aromatic rings. The quantitative estimate of drug-likeness (QED) is 0.550. The summed E-state index contributed by atoms with van der Waals surface area (Å²) < 4.78 is 10.3. The Kier molecular flexibility index (Phi) is 9.42. The van der Waals surface area contributed by atoms with Crippen LogP contribution in [0.2, 0.25) is 0 Å². The van der Waals surface area contributed by atoms with Crippen LogP contribution >= 0.6 is 0 Å². The summed E-state index contributed by atoms with van der Waals surface area (Å²) in [4.78, 5) is 57.2. The Morgan fingerprint density at radius 2 is 1.88 bits per heavy atom. The molecule has 40 heavy (non-hydrogen) atoms. The van der Waals surface area contributed by atoms with Crippen LogP contribution in [0, 0.1) is 12.3 Å². The number of nitrogens with zero attached hydrogens (tertiary/aromatic N) is 3. The van der Waals surface area contributed by atoms with Crippen LogP contribution in [0.25, 0.3) is 0 Å². The zero-order valence-corrected chi connectivity index (χ0v) is 25.6. The standard InChI is InChI=1S/C30H46N4O6/c1-19(2)34(22-11-10-13-32(18-22)28(38)40-29(4,5)6)25(35)23-16-24-21(15-20(23)3)17-30(7,8)26(36)33(24)14-12-31-27(37)39-9/h15-16,19,22H,10-14,17-18H2,1-9H3,(H,31,37)/t22-/m1/s1. The number of fused-ring (bicyclic) bond motifs is 1. The second-order valence-corrected chi connectivity index (χ2v) is 12.8. The fraction of sp³-hybridized carbons (Fsp3) is 0.667. The van der Waals surface area contributed by atoms with Crippen LogP contribution in [-0.4, -0.2) is 84.8 Å². The maximum Gasteiger partial charge on any atom is 0.410 e. The first-order valence-electron chi connectivity index (χ1n) is 14.1. The summed E-state index contributed by atoms with van der Waals surface area (Å²) in [6, 6.07) is 3.56. The average Bonchev–Trinajstić information content (AvgIpc) is 2.84. The van der Waals surface area contributed by atoms with Crippen molar-refractivity contribution in [3.8, 4) is 0 Å². The zero-order chi connectivity index (χ0) is 30.0. The lowest BCUT2D eigenvalue weighted by Crippen LogP contribution is -2.54. The molecule has 1 saturated heterocycles. The highest BCUT2D eigenvalue weighted by Gasteiger charge is 2.40. The number of rotatable bonds is 6. The average molecular weight is 559 g/mol. The molecule has 0 aliphatic carbocycles. The van der Waals surface area contributed by atoms with Gasteiger partial charge in [-0.1, -0.05) is 19.9 Å². The molecular weight excluding hydrogens is 512 g/mol. The number of aryl methyl sites for hydroxylation is 1. The van der Waals surface area contributed by atoms with Gasteiger partial charge in [0, 0.05) is 48.9 Å². The van der Waals surface area contributed by atoms with Crippen molar-refractivity contribution >= 4 is 29.7 Å². The van der Waals surface area contributed by atoms with Gasteiger partial charge in [-0.05, 0) is 78.0 Å². The van der Waals surface area contributed by atoms with Gasteiger partial charge in [0.05, 0.1) is 13.2 Å².